The SMILES string of the molecule is CCOC(=O)COc1ccc2cc(OCC(=O)OCC)ccc2c1. The summed E-state index contributed by atoms with van der Waals surface area (Å²) in [6.07, 6.45) is 0. The van der Waals surface area contributed by atoms with Crippen molar-refractivity contribution in [1.29, 1.82) is 0 Å². The zero-order chi connectivity index (χ0) is 17.4. The van der Waals surface area contributed by atoms with Gasteiger partial charge in [0.2, 0.25) is 0 Å². The molecule has 0 amide bonds. The lowest BCUT2D eigenvalue weighted by Gasteiger charge is -2.09. The molecule has 2 rings (SSSR count). The van der Waals surface area contributed by atoms with Crippen LogP contribution in [0.15, 0.2) is 36.4 Å². The van der Waals surface area contributed by atoms with E-state index in [9.17, 15) is 9.59 Å². The molecule has 0 saturated carbocycles. The third kappa shape index (κ3) is 5.15. The molecule has 0 N–H and O–H groups in total. The number of hydrogen-bond acceptors (Lipinski definition) is 6. The lowest BCUT2D eigenvalue weighted by atomic mass is 10.1. The second-order valence-corrected chi connectivity index (χ2v) is 4.86. The Hall–Kier alpha value is -2.76. The van der Waals surface area contributed by atoms with Crippen molar-refractivity contribution < 1.29 is 28.5 Å². The summed E-state index contributed by atoms with van der Waals surface area (Å²) in [5.74, 6) is 0.354. The average molecular weight is 332 g/mol. The van der Waals surface area contributed by atoms with E-state index in [1.54, 1.807) is 26.0 Å². The Kier molecular flexibility index (Phi) is 6.42. The van der Waals surface area contributed by atoms with Crippen LogP contribution in [0.5, 0.6) is 11.5 Å². The van der Waals surface area contributed by atoms with Gasteiger partial charge in [-0.05, 0) is 48.9 Å². The van der Waals surface area contributed by atoms with Crippen molar-refractivity contribution in [2.45, 2.75) is 13.8 Å². The van der Waals surface area contributed by atoms with Gasteiger partial charge in [0.05, 0.1) is 13.2 Å². The molecule has 0 unspecified atom stereocenters. The van der Waals surface area contributed by atoms with Crippen LogP contribution in [-0.2, 0) is 19.1 Å². The van der Waals surface area contributed by atoms with Crippen LogP contribution in [-0.4, -0.2) is 38.4 Å². The normalized spacial score (nSPS) is 10.2. The molecule has 0 radical (unpaired) electrons. The molecule has 0 aromatic heterocycles. The van der Waals surface area contributed by atoms with Gasteiger partial charge in [0.25, 0.3) is 0 Å². The fraction of sp³-hybridized carbons (Fsp3) is 0.333. The molecule has 0 aliphatic rings. The smallest absolute Gasteiger partial charge is 0.344 e. The van der Waals surface area contributed by atoms with Crippen molar-refractivity contribution in [3.8, 4) is 11.5 Å². The van der Waals surface area contributed by atoms with E-state index in [0.717, 1.165) is 10.8 Å². The van der Waals surface area contributed by atoms with Gasteiger partial charge in [-0.15, -0.1) is 0 Å². The van der Waals surface area contributed by atoms with E-state index in [-0.39, 0.29) is 13.2 Å². The molecule has 2 aromatic carbocycles. The van der Waals surface area contributed by atoms with Gasteiger partial charge in [0, 0.05) is 0 Å². The van der Waals surface area contributed by atoms with E-state index in [4.69, 9.17) is 18.9 Å². The standard InChI is InChI=1S/C18H20O6/c1-3-21-17(19)11-23-15-7-5-14-10-16(8-6-13(14)9-15)24-12-18(20)22-4-2/h5-10H,3-4,11-12H2,1-2H3. The summed E-state index contributed by atoms with van der Waals surface area (Å²) < 4.78 is 20.4. The molecular weight excluding hydrogens is 312 g/mol. The molecule has 0 saturated heterocycles. The van der Waals surface area contributed by atoms with Gasteiger partial charge in [0.15, 0.2) is 13.2 Å². The minimum absolute atomic E-state index is 0.125. The maximum atomic E-state index is 11.3. The van der Waals surface area contributed by atoms with Crippen LogP contribution in [0.25, 0.3) is 10.8 Å². The molecule has 0 aliphatic carbocycles. The number of fused-ring (bicyclic) bond motifs is 1. The second-order valence-electron chi connectivity index (χ2n) is 4.86. The number of rotatable bonds is 8. The molecule has 2 aromatic rings. The van der Waals surface area contributed by atoms with Crippen molar-refractivity contribution in [3.63, 3.8) is 0 Å². The van der Waals surface area contributed by atoms with Gasteiger partial charge in [-0.2, -0.15) is 0 Å². The molecule has 0 aliphatic heterocycles. The number of ether oxygens (including phenoxy) is 4. The van der Waals surface area contributed by atoms with E-state index in [0.29, 0.717) is 24.7 Å². The van der Waals surface area contributed by atoms with Crippen molar-refractivity contribution >= 4 is 22.7 Å². The minimum Gasteiger partial charge on any atom is -0.482 e. The van der Waals surface area contributed by atoms with E-state index in [2.05, 4.69) is 0 Å². The Morgan fingerprint density at radius 2 is 1.17 bits per heavy atom. The molecule has 0 fully saturated rings. The number of esters is 2. The molecule has 6 nitrogen and oxygen atoms in total. The van der Waals surface area contributed by atoms with Crippen LogP contribution in [0.3, 0.4) is 0 Å². The third-order valence-corrected chi connectivity index (χ3v) is 3.11. The maximum Gasteiger partial charge on any atom is 0.344 e. The zero-order valence-electron chi connectivity index (χ0n) is 13.7. The molecule has 128 valence electrons. The molecule has 0 heterocycles. The highest BCUT2D eigenvalue weighted by Crippen LogP contribution is 2.25. The molecule has 6 heteroatoms. The Morgan fingerprint density at radius 3 is 1.54 bits per heavy atom. The van der Waals surface area contributed by atoms with Crippen LogP contribution >= 0.6 is 0 Å². The Labute approximate surface area is 140 Å². The fourth-order valence-electron chi connectivity index (χ4n) is 2.07. The van der Waals surface area contributed by atoms with Crippen molar-refractivity contribution in [2.24, 2.45) is 0 Å². The molecule has 24 heavy (non-hydrogen) atoms. The number of hydrogen-bond donors (Lipinski definition) is 0. The van der Waals surface area contributed by atoms with Crippen LogP contribution < -0.4 is 9.47 Å². The first-order valence-corrected chi connectivity index (χ1v) is 7.73. The Balaban J connectivity index is 2.00. The fourth-order valence-corrected chi connectivity index (χ4v) is 2.07. The summed E-state index contributed by atoms with van der Waals surface area (Å²) in [4.78, 5) is 22.6. The van der Waals surface area contributed by atoms with E-state index in [1.807, 2.05) is 24.3 Å². The first-order valence-electron chi connectivity index (χ1n) is 7.73. The van der Waals surface area contributed by atoms with Crippen LogP contribution in [0, 0.1) is 0 Å². The minimum atomic E-state index is -0.402. The molecular formula is C18H20O6. The topological polar surface area (TPSA) is 71.1 Å². The highest BCUT2D eigenvalue weighted by molar-refractivity contribution is 5.85. The predicted octanol–water partition coefficient (Wildman–Crippen LogP) is 2.72. The van der Waals surface area contributed by atoms with Crippen molar-refractivity contribution in [2.75, 3.05) is 26.4 Å². The third-order valence-electron chi connectivity index (χ3n) is 3.11. The second kappa shape index (κ2) is 8.76. The van der Waals surface area contributed by atoms with Crippen LogP contribution in [0.2, 0.25) is 0 Å². The Bertz CT molecular complexity index is 648. The first-order chi connectivity index (χ1) is 11.6. The van der Waals surface area contributed by atoms with Crippen molar-refractivity contribution in [3.05, 3.63) is 36.4 Å². The highest BCUT2D eigenvalue weighted by atomic mass is 16.6. The molecule has 0 spiro atoms. The van der Waals surface area contributed by atoms with E-state index < -0.39 is 11.9 Å². The Morgan fingerprint density at radius 1 is 0.750 bits per heavy atom. The summed E-state index contributed by atoms with van der Waals surface area (Å²) in [7, 11) is 0. The van der Waals surface area contributed by atoms with Gasteiger partial charge in [-0.3, -0.25) is 0 Å². The number of benzene rings is 2. The van der Waals surface area contributed by atoms with Gasteiger partial charge in [0.1, 0.15) is 11.5 Å². The summed E-state index contributed by atoms with van der Waals surface area (Å²) in [5, 5.41) is 1.86. The average Bonchev–Trinajstić information content (AvgIpc) is 2.58. The van der Waals surface area contributed by atoms with Gasteiger partial charge >= 0.3 is 11.9 Å². The molecule has 0 atom stereocenters. The monoisotopic (exact) mass is 332 g/mol. The predicted molar refractivity (Wildman–Crippen MR) is 88.2 cm³/mol. The van der Waals surface area contributed by atoms with Crippen LogP contribution in [0.1, 0.15) is 13.8 Å². The first kappa shape index (κ1) is 17.6. The lowest BCUT2D eigenvalue weighted by molar-refractivity contribution is -0.146. The summed E-state index contributed by atoms with van der Waals surface area (Å²) in [5.41, 5.74) is 0. The van der Waals surface area contributed by atoms with Gasteiger partial charge in [-0.25, -0.2) is 9.59 Å². The zero-order valence-corrected chi connectivity index (χ0v) is 13.7. The van der Waals surface area contributed by atoms with Crippen LogP contribution in [0.4, 0.5) is 0 Å². The molecule has 0 bridgehead atoms. The highest BCUT2D eigenvalue weighted by Gasteiger charge is 2.06. The number of carbonyl (C=O) groups is 2. The van der Waals surface area contributed by atoms with Crippen molar-refractivity contribution in [1.82, 2.24) is 0 Å². The lowest BCUT2D eigenvalue weighted by Crippen LogP contribution is -2.14. The quantitative estimate of drug-likeness (QED) is 0.692. The largest absolute Gasteiger partial charge is 0.482 e. The number of carbonyl (C=O) groups excluding carboxylic acids is 2. The maximum absolute atomic E-state index is 11.3. The van der Waals surface area contributed by atoms with E-state index >= 15 is 0 Å². The summed E-state index contributed by atoms with van der Waals surface area (Å²) >= 11 is 0. The van der Waals surface area contributed by atoms with Gasteiger partial charge < -0.3 is 18.9 Å². The van der Waals surface area contributed by atoms with Gasteiger partial charge in [-0.1, -0.05) is 12.1 Å². The van der Waals surface area contributed by atoms with E-state index in [1.165, 1.54) is 0 Å². The summed E-state index contributed by atoms with van der Waals surface area (Å²) in [6.45, 7) is 3.90. The summed E-state index contributed by atoms with van der Waals surface area (Å²) in [6, 6.07) is 10.9.